The number of para-hydroxylation sites is 1. The van der Waals surface area contributed by atoms with Crippen molar-refractivity contribution in [2.45, 2.75) is 106 Å². The average molecular weight is 694 g/mol. The number of aliphatic hydroxyl groups is 1. The average Bonchev–Trinajstić information content (AvgIpc) is 3.81. The van der Waals surface area contributed by atoms with Gasteiger partial charge in [-0.1, -0.05) is 43.5 Å². The smallest absolute Gasteiger partial charge is 0.410 e. The normalized spacial score (nSPS) is 20.9. The van der Waals surface area contributed by atoms with Gasteiger partial charge in [0.15, 0.2) is 21.3 Å². The number of hydrogen-bond acceptors (Lipinski definition) is 10. The zero-order valence-electron chi connectivity index (χ0n) is 28.9. The van der Waals surface area contributed by atoms with Crippen molar-refractivity contribution in [3.05, 3.63) is 59.9 Å². The summed E-state index contributed by atoms with van der Waals surface area (Å²) in [6, 6.07) is 11.6. The Bertz CT molecular complexity index is 1800. The number of nitrogens with one attached hydrogen (secondary N) is 1. The van der Waals surface area contributed by atoms with Gasteiger partial charge in [0.05, 0.1) is 46.0 Å². The van der Waals surface area contributed by atoms with E-state index in [4.69, 9.17) is 15.2 Å². The van der Waals surface area contributed by atoms with E-state index in [-0.39, 0.29) is 29.4 Å². The SMILES string of the molecule is CN(Cc1cccc2c1OCCCCCC[C@](C)(O)CC1(CC1)S(=O)(=O)c1ccc(cc1)-c1cnc(N)c(n1)C(=O)N2)C(=O)OC(C)(C)C. The van der Waals surface area contributed by atoms with Crippen molar-refractivity contribution in [3.63, 3.8) is 0 Å². The highest BCUT2D eigenvalue weighted by Crippen LogP contribution is 2.52. The minimum Gasteiger partial charge on any atom is -0.491 e. The summed E-state index contributed by atoms with van der Waals surface area (Å²) < 4.78 is 38.3. The number of sulfone groups is 1. The number of rotatable bonds is 2. The van der Waals surface area contributed by atoms with E-state index < -0.39 is 37.8 Å². The van der Waals surface area contributed by atoms with Crippen molar-refractivity contribution in [1.82, 2.24) is 14.9 Å². The van der Waals surface area contributed by atoms with E-state index in [1.54, 1.807) is 59.0 Å². The third kappa shape index (κ3) is 8.50. The number of carbonyl (C=O) groups is 2. The van der Waals surface area contributed by atoms with Crippen molar-refractivity contribution < 1.29 is 32.6 Å². The molecule has 3 heterocycles. The summed E-state index contributed by atoms with van der Waals surface area (Å²) in [4.78, 5) is 36.7. The second-order valence-electron chi connectivity index (χ2n) is 14.5. The number of anilines is 2. The highest BCUT2D eigenvalue weighted by Gasteiger charge is 2.57. The van der Waals surface area contributed by atoms with Crippen LogP contribution in [0.4, 0.5) is 16.3 Å². The molecular weight excluding hydrogens is 646 g/mol. The van der Waals surface area contributed by atoms with Crippen LogP contribution < -0.4 is 15.8 Å². The molecule has 4 N–H and O–H groups in total. The quantitative estimate of drug-likeness (QED) is 0.283. The van der Waals surface area contributed by atoms with E-state index in [0.29, 0.717) is 60.5 Å². The molecule has 1 fully saturated rings. The molecule has 1 aromatic heterocycles. The molecule has 0 radical (unpaired) electrons. The number of benzene rings is 2. The zero-order valence-corrected chi connectivity index (χ0v) is 29.7. The van der Waals surface area contributed by atoms with Gasteiger partial charge in [0, 0.05) is 18.2 Å². The van der Waals surface area contributed by atoms with Gasteiger partial charge in [-0.2, -0.15) is 0 Å². The summed E-state index contributed by atoms with van der Waals surface area (Å²) in [6.07, 6.45) is 5.65. The van der Waals surface area contributed by atoms with Gasteiger partial charge in [0.25, 0.3) is 5.91 Å². The van der Waals surface area contributed by atoms with Crippen LogP contribution in [0.3, 0.4) is 0 Å². The van der Waals surface area contributed by atoms with Crippen molar-refractivity contribution in [1.29, 1.82) is 0 Å². The molecule has 2 aliphatic heterocycles. The molecule has 1 saturated carbocycles. The second-order valence-corrected chi connectivity index (χ2v) is 16.8. The van der Waals surface area contributed by atoms with Crippen LogP contribution in [0.5, 0.6) is 5.75 Å². The molecular formula is C36H47N5O7S. The standard InChI is InChI=1S/C36H47N5O7S/c1-34(2,3)48-33(43)41(5)22-25-11-10-12-27-30(25)47-20-9-7-6-8-17-35(4,44)23-36(18-19-36)49(45,46)26-15-13-24(14-16-26)28-21-38-31(37)29(39-28)32(42)40-27/h10-16,21,44H,6-9,17-20,22-23H2,1-5H3,(H2,37,38)(H,40,42)/t35-/m0/s1. The van der Waals surface area contributed by atoms with Gasteiger partial charge in [-0.3, -0.25) is 4.79 Å². The Hall–Kier alpha value is -4.23. The number of ether oxygens (including phenoxy) is 2. The fourth-order valence-corrected chi connectivity index (χ4v) is 8.31. The first-order chi connectivity index (χ1) is 23.0. The fraction of sp³-hybridized carbons (Fsp3) is 0.500. The number of nitrogens with two attached hydrogens (primary N) is 1. The van der Waals surface area contributed by atoms with Crippen LogP contribution in [0, 0.1) is 0 Å². The third-order valence-electron chi connectivity index (χ3n) is 8.87. The first-order valence-electron chi connectivity index (χ1n) is 16.7. The lowest BCUT2D eigenvalue weighted by Crippen LogP contribution is -2.36. The Balaban J connectivity index is 1.48. The Labute approximate surface area is 288 Å². The molecule has 49 heavy (non-hydrogen) atoms. The Morgan fingerprint density at radius 3 is 2.45 bits per heavy atom. The Morgan fingerprint density at radius 2 is 1.78 bits per heavy atom. The lowest BCUT2D eigenvalue weighted by Gasteiger charge is -2.29. The number of carbonyl (C=O) groups excluding carboxylic acids is 2. The maximum atomic E-state index is 13.7. The highest BCUT2D eigenvalue weighted by molar-refractivity contribution is 7.93. The number of aromatic nitrogens is 2. The molecule has 264 valence electrons. The number of fused-ring (bicyclic) bond motifs is 11. The summed E-state index contributed by atoms with van der Waals surface area (Å²) >= 11 is 0. The van der Waals surface area contributed by atoms with Crippen LogP contribution in [0.2, 0.25) is 0 Å². The molecule has 1 aliphatic carbocycles. The number of hydrogen-bond donors (Lipinski definition) is 3. The van der Waals surface area contributed by atoms with E-state index in [1.807, 2.05) is 6.07 Å². The van der Waals surface area contributed by atoms with E-state index in [0.717, 1.165) is 19.3 Å². The minimum atomic E-state index is -3.70. The zero-order chi connectivity index (χ0) is 35.6. The molecule has 13 heteroatoms. The summed E-state index contributed by atoms with van der Waals surface area (Å²) in [6.45, 7) is 7.62. The van der Waals surface area contributed by atoms with Crippen molar-refractivity contribution >= 4 is 33.3 Å². The van der Waals surface area contributed by atoms with Gasteiger partial charge < -0.3 is 30.5 Å². The number of nitrogen functional groups attached to an aromatic ring is 1. The Morgan fingerprint density at radius 1 is 1.08 bits per heavy atom. The van der Waals surface area contributed by atoms with Crippen molar-refractivity contribution in [2.24, 2.45) is 0 Å². The van der Waals surface area contributed by atoms with Gasteiger partial charge in [0.1, 0.15) is 11.4 Å². The van der Waals surface area contributed by atoms with Crippen LogP contribution in [0.25, 0.3) is 11.3 Å². The first-order valence-corrected chi connectivity index (χ1v) is 18.2. The predicted molar refractivity (Wildman–Crippen MR) is 187 cm³/mol. The Kier molecular flexibility index (Phi) is 10.3. The van der Waals surface area contributed by atoms with Crippen LogP contribution in [-0.4, -0.2) is 70.0 Å². The molecule has 6 rings (SSSR count). The van der Waals surface area contributed by atoms with Gasteiger partial charge in [0.2, 0.25) is 0 Å². The monoisotopic (exact) mass is 693 g/mol. The van der Waals surface area contributed by atoms with Gasteiger partial charge >= 0.3 is 6.09 Å². The topological polar surface area (TPSA) is 174 Å². The minimum absolute atomic E-state index is 0.0825. The highest BCUT2D eigenvalue weighted by atomic mass is 32.2. The van der Waals surface area contributed by atoms with E-state index in [2.05, 4.69) is 15.3 Å². The van der Waals surface area contributed by atoms with Crippen molar-refractivity contribution in [3.8, 4) is 17.0 Å². The van der Waals surface area contributed by atoms with Gasteiger partial charge in [-0.15, -0.1) is 0 Å². The maximum absolute atomic E-state index is 13.7. The summed E-state index contributed by atoms with van der Waals surface area (Å²) in [5.74, 6) is -0.287. The summed E-state index contributed by atoms with van der Waals surface area (Å²) in [5.41, 5.74) is 6.13. The molecule has 4 bridgehead atoms. The second kappa shape index (κ2) is 13.9. The molecule has 2 amide bonds. The maximum Gasteiger partial charge on any atom is 0.410 e. The van der Waals surface area contributed by atoms with E-state index >= 15 is 0 Å². The van der Waals surface area contributed by atoms with Crippen LogP contribution in [-0.2, 0) is 21.1 Å². The van der Waals surface area contributed by atoms with E-state index in [9.17, 15) is 23.1 Å². The summed E-state index contributed by atoms with van der Waals surface area (Å²) in [7, 11) is -2.07. The third-order valence-corrected chi connectivity index (χ3v) is 11.5. The number of nitrogens with zero attached hydrogens (tertiary/aromatic N) is 3. The summed E-state index contributed by atoms with van der Waals surface area (Å²) in [5, 5.41) is 14.1. The predicted octanol–water partition coefficient (Wildman–Crippen LogP) is 6.14. The number of amides is 2. The molecule has 3 aromatic rings. The van der Waals surface area contributed by atoms with Gasteiger partial charge in [-0.25, -0.2) is 23.2 Å². The molecule has 1 spiro atoms. The van der Waals surface area contributed by atoms with Crippen LogP contribution in [0.15, 0.2) is 53.6 Å². The fourth-order valence-electron chi connectivity index (χ4n) is 6.18. The van der Waals surface area contributed by atoms with Crippen molar-refractivity contribution in [2.75, 3.05) is 24.7 Å². The van der Waals surface area contributed by atoms with Crippen LogP contribution >= 0.6 is 0 Å². The molecule has 3 aliphatic rings. The van der Waals surface area contributed by atoms with Gasteiger partial charge in [-0.05, 0) is 78.0 Å². The van der Waals surface area contributed by atoms with Crippen LogP contribution in [0.1, 0.15) is 95.1 Å². The molecule has 0 saturated heterocycles. The lowest BCUT2D eigenvalue weighted by molar-refractivity contribution is 0.0283. The first kappa shape index (κ1) is 36.1. The largest absolute Gasteiger partial charge is 0.491 e. The molecule has 0 unspecified atom stereocenters. The van der Waals surface area contributed by atoms with E-state index in [1.165, 1.54) is 23.2 Å². The lowest BCUT2D eigenvalue weighted by atomic mass is 9.92. The molecule has 2 aromatic carbocycles. The molecule has 1 atom stereocenters. The molecule has 12 nitrogen and oxygen atoms in total.